The highest BCUT2D eigenvalue weighted by Gasteiger charge is 2.05. The molecule has 0 aliphatic heterocycles. The van der Waals surface area contributed by atoms with Crippen molar-refractivity contribution in [1.29, 1.82) is 0 Å². The van der Waals surface area contributed by atoms with E-state index in [9.17, 15) is 0 Å². The lowest BCUT2D eigenvalue weighted by Crippen LogP contribution is -2.11. The molecule has 5 heteroatoms. The highest BCUT2D eigenvalue weighted by molar-refractivity contribution is 6.34. The highest BCUT2D eigenvalue weighted by Crippen LogP contribution is 2.31. The molecule has 100 valence electrons. The third-order valence-electron chi connectivity index (χ3n) is 2.47. The van der Waals surface area contributed by atoms with Crippen LogP contribution in [0.1, 0.15) is 12.5 Å². The first kappa shape index (κ1) is 14.1. The van der Waals surface area contributed by atoms with Gasteiger partial charge in [0.1, 0.15) is 11.5 Å². The van der Waals surface area contributed by atoms with Crippen LogP contribution in [0, 0.1) is 0 Å². The summed E-state index contributed by atoms with van der Waals surface area (Å²) in [6.07, 6.45) is 3.45. The number of benzene rings is 1. The van der Waals surface area contributed by atoms with E-state index in [0.717, 1.165) is 18.7 Å². The summed E-state index contributed by atoms with van der Waals surface area (Å²) in [7, 11) is 0. The topological polar surface area (TPSA) is 34.2 Å². The Kier molecular flexibility index (Phi) is 5.02. The maximum atomic E-state index is 6.05. The van der Waals surface area contributed by atoms with E-state index in [4.69, 9.17) is 27.9 Å². The molecule has 1 heterocycles. The lowest BCUT2D eigenvalue weighted by Gasteiger charge is -2.09. The van der Waals surface area contributed by atoms with Crippen molar-refractivity contribution in [2.45, 2.75) is 13.5 Å². The fourth-order valence-electron chi connectivity index (χ4n) is 1.57. The summed E-state index contributed by atoms with van der Waals surface area (Å²) in [5.41, 5.74) is 1.05. The quantitative estimate of drug-likeness (QED) is 0.894. The van der Waals surface area contributed by atoms with E-state index in [1.165, 1.54) is 0 Å². The Labute approximate surface area is 122 Å². The van der Waals surface area contributed by atoms with Crippen molar-refractivity contribution >= 4 is 23.2 Å². The molecule has 2 rings (SSSR count). The Balaban J connectivity index is 2.16. The average molecular weight is 297 g/mol. The maximum Gasteiger partial charge on any atom is 0.147 e. The Hall–Kier alpha value is -1.29. The van der Waals surface area contributed by atoms with Gasteiger partial charge in [0.15, 0.2) is 0 Å². The van der Waals surface area contributed by atoms with E-state index in [0.29, 0.717) is 21.5 Å². The van der Waals surface area contributed by atoms with Crippen molar-refractivity contribution in [3.05, 3.63) is 52.3 Å². The Bertz CT molecular complexity index is 561. The van der Waals surface area contributed by atoms with Crippen LogP contribution >= 0.6 is 23.2 Å². The highest BCUT2D eigenvalue weighted by atomic mass is 35.5. The molecule has 0 aliphatic carbocycles. The van der Waals surface area contributed by atoms with Crippen LogP contribution in [-0.2, 0) is 6.54 Å². The molecule has 19 heavy (non-hydrogen) atoms. The van der Waals surface area contributed by atoms with Gasteiger partial charge >= 0.3 is 0 Å². The first-order valence-corrected chi connectivity index (χ1v) is 6.72. The molecule has 2 aromatic rings. The zero-order valence-electron chi connectivity index (χ0n) is 10.5. The molecule has 0 radical (unpaired) electrons. The average Bonchev–Trinajstić information content (AvgIpc) is 2.41. The smallest absolute Gasteiger partial charge is 0.147 e. The Morgan fingerprint density at radius 1 is 1.21 bits per heavy atom. The maximum absolute atomic E-state index is 6.05. The molecule has 1 N–H and O–H groups in total. The van der Waals surface area contributed by atoms with Gasteiger partial charge in [-0.25, -0.2) is 0 Å². The number of nitrogens with zero attached hydrogens (tertiary/aromatic N) is 1. The van der Waals surface area contributed by atoms with Crippen LogP contribution in [0.3, 0.4) is 0 Å². The second-order valence-electron chi connectivity index (χ2n) is 3.99. The molecule has 1 aromatic heterocycles. The minimum absolute atomic E-state index is 0.515. The van der Waals surface area contributed by atoms with Gasteiger partial charge in [-0.15, -0.1) is 0 Å². The van der Waals surface area contributed by atoms with Gasteiger partial charge in [0, 0.05) is 23.8 Å². The van der Waals surface area contributed by atoms with Crippen molar-refractivity contribution < 1.29 is 4.74 Å². The third-order valence-corrected chi connectivity index (χ3v) is 3.02. The summed E-state index contributed by atoms with van der Waals surface area (Å²) in [6.45, 7) is 3.72. The molecule has 0 amide bonds. The van der Waals surface area contributed by atoms with Gasteiger partial charge < -0.3 is 10.1 Å². The summed E-state index contributed by atoms with van der Waals surface area (Å²) in [6, 6.07) is 7.03. The second kappa shape index (κ2) is 6.75. The van der Waals surface area contributed by atoms with Crippen LogP contribution in [0.5, 0.6) is 11.5 Å². The van der Waals surface area contributed by atoms with E-state index in [-0.39, 0.29) is 0 Å². The van der Waals surface area contributed by atoms with Crippen LogP contribution < -0.4 is 10.1 Å². The number of ether oxygens (including phenoxy) is 1. The minimum Gasteiger partial charge on any atom is -0.454 e. The minimum atomic E-state index is 0.515. The number of hydrogen-bond donors (Lipinski definition) is 1. The fourth-order valence-corrected chi connectivity index (χ4v) is 1.89. The van der Waals surface area contributed by atoms with E-state index >= 15 is 0 Å². The van der Waals surface area contributed by atoms with Gasteiger partial charge in [-0.3, -0.25) is 4.98 Å². The van der Waals surface area contributed by atoms with Crippen LogP contribution in [0.2, 0.25) is 10.0 Å². The Morgan fingerprint density at radius 2 is 2.05 bits per heavy atom. The zero-order chi connectivity index (χ0) is 13.7. The first-order chi connectivity index (χ1) is 9.19. The predicted octanol–water partition coefficient (Wildman–Crippen LogP) is 4.29. The van der Waals surface area contributed by atoms with Crippen LogP contribution in [-0.4, -0.2) is 11.5 Å². The van der Waals surface area contributed by atoms with Crippen LogP contribution in [0.15, 0.2) is 36.7 Å². The number of halogens is 2. The molecular formula is C14H14Cl2N2O. The molecule has 0 saturated carbocycles. The molecule has 0 bridgehead atoms. The number of hydrogen-bond acceptors (Lipinski definition) is 3. The largest absolute Gasteiger partial charge is 0.454 e. The van der Waals surface area contributed by atoms with E-state index in [2.05, 4.69) is 17.2 Å². The normalized spacial score (nSPS) is 10.5. The van der Waals surface area contributed by atoms with E-state index < -0.39 is 0 Å². The van der Waals surface area contributed by atoms with Gasteiger partial charge in [0.05, 0.1) is 11.2 Å². The molecule has 3 nitrogen and oxygen atoms in total. The van der Waals surface area contributed by atoms with Crippen LogP contribution in [0.4, 0.5) is 0 Å². The Morgan fingerprint density at radius 3 is 2.84 bits per heavy atom. The van der Waals surface area contributed by atoms with Crippen molar-refractivity contribution in [2.24, 2.45) is 0 Å². The summed E-state index contributed by atoms with van der Waals surface area (Å²) >= 11 is 12.0. The van der Waals surface area contributed by atoms with Crippen molar-refractivity contribution in [2.75, 3.05) is 6.54 Å². The van der Waals surface area contributed by atoms with Crippen molar-refractivity contribution in [3.8, 4) is 11.5 Å². The number of pyridine rings is 1. The number of aromatic nitrogens is 1. The molecule has 0 saturated heterocycles. The molecule has 0 unspecified atom stereocenters. The van der Waals surface area contributed by atoms with Gasteiger partial charge in [0.2, 0.25) is 0 Å². The summed E-state index contributed by atoms with van der Waals surface area (Å²) < 4.78 is 5.70. The lowest BCUT2D eigenvalue weighted by molar-refractivity contribution is 0.479. The van der Waals surface area contributed by atoms with Crippen LogP contribution in [0.25, 0.3) is 0 Å². The molecular weight excluding hydrogens is 283 g/mol. The predicted molar refractivity (Wildman–Crippen MR) is 78.2 cm³/mol. The van der Waals surface area contributed by atoms with Gasteiger partial charge in [-0.2, -0.15) is 0 Å². The van der Waals surface area contributed by atoms with Gasteiger partial charge in [0.25, 0.3) is 0 Å². The fraction of sp³-hybridized carbons (Fsp3) is 0.214. The summed E-state index contributed by atoms with van der Waals surface area (Å²) in [5, 5.41) is 4.33. The van der Waals surface area contributed by atoms with Crippen molar-refractivity contribution in [3.63, 3.8) is 0 Å². The molecule has 0 spiro atoms. The SMILES string of the molecule is CCNCc1cncc(Oc2cc(Cl)ccc2Cl)c1. The zero-order valence-corrected chi connectivity index (χ0v) is 12.0. The van der Waals surface area contributed by atoms with E-state index in [1.54, 1.807) is 30.6 Å². The monoisotopic (exact) mass is 296 g/mol. The molecule has 0 atom stereocenters. The standard InChI is InChI=1S/C14H14Cl2N2O/c1-2-17-7-10-5-12(9-18-8-10)19-14-6-11(15)3-4-13(14)16/h3-6,8-9,17H,2,7H2,1H3. The molecule has 1 aromatic carbocycles. The van der Waals surface area contributed by atoms with Gasteiger partial charge in [-0.1, -0.05) is 30.1 Å². The van der Waals surface area contributed by atoms with Gasteiger partial charge in [-0.05, 0) is 30.3 Å². The molecule has 0 fully saturated rings. The lowest BCUT2D eigenvalue weighted by atomic mass is 10.2. The molecule has 0 aliphatic rings. The number of rotatable bonds is 5. The van der Waals surface area contributed by atoms with E-state index in [1.807, 2.05) is 6.07 Å². The van der Waals surface area contributed by atoms with Crippen molar-refractivity contribution in [1.82, 2.24) is 10.3 Å². The summed E-state index contributed by atoms with van der Waals surface area (Å²) in [5.74, 6) is 1.16. The second-order valence-corrected chi connectivity index (χ2v) is 4.83. The third kappa shape index (κ3) is 4.10. The first-order valence-electron chi connectivity index (χ1n) is 5.96. The summed E-state index contributed by atoms with van der Waals surface area (Å²) in [4.78, 5) is 4.14. The number of nitrogens with one attached hydrogen (secondary N) is 1.